The monoisotopic (exact) mass is 291 g/mol. The molecule has 0 aromatic heterocycles. The van der Waals surface area contributed by atoms with E-state index in [-0.39, 0.29) is 17.6 Å². The molecule has 3 nitrogen and oxygen atoms in total. The van der Waals surface area contributed by atoms with Gasteiger partial charge in [0.15, 0.2) is 5.17 Å². The number of nitrogens with two attached hydrogens (primary N) is 1. The average Bonchev–Trinajstić information content (AvgIpc) is 2.38. The van der Waals surface area contributed by atoms with E-state index in [9.17, 15) is 0 Å². The number of rotatable bonds is 3. The van der Waals surface area contributed by atoms with E-state index in [1.54, 1.807) is 0 Å². The largest absolute Gasteiger partial charge is 0.379 e. The Hall–Kier alpha value is -1.70. The van der Waals surface area contributed by atoms with Gasteiger partial charge >= 0.3 is 0 Å². The van der Waals surface area contributed by atoms with Gasteiger partial charge in [-0.15, -0.1) is 12.4 Å². The first-order chi connectivity index (χ1) is 8.72. The molecule has 0 atom stereocenters. The van der Waals surface area contributed by atoms with Gasteiger partial charge in [-0.2, -0.15) is 5.26 Å². The van der Waals surface area contributed by atoms with Crippen LogP contribution in [0, 0.1) is 16.7 Å². The number of benzene rings is 2. The number of hydrogen-bond acceptors (Lipinski definition) is 3. The lowest BCUT2D eigenvalue weighted by molar-refractivity contribution is 1.28. The van der Waals surface area contributed by atoms with Crippen molar-refractivity contribution in [1.29, 1.82) is 10.7 Å². The van der Waals surface area contributed by atoms with Crippen LogP contribution in [-0.4, -0.2) is 5.17 Å². The maximum atomic E-state index is 8.83. The van der Waals surface area contributed by atoms with Gasteiger partial charge in [-0.1, -0.05) is 48.2 Å². The van der Waals surface area contributed by atoms with Gasteiger partial charge in [-0.05, 0) is 21.9 Å². The molecule has 0 aliphatic heterocycles. The van der Waals surface area contributed by atoms with Crippen LogP contribution in [0.2, 0.25) is 0 Å². The van der Waals surface area contributed by atoms with Gasteiger partial charge in [-0.25, -0.2) is 0 Å². The van der Waals surface area contributed by atoms with Gasteiger partial charge in [0.05, 0.1) is 12.5 Å². The number of fused-ring (bicyclic) bond motifs is 1. The predicted octanol–water partition coefficient (Wildman–Crippen LogP) is 3.45. The molecule has 0 aliphatic carbocycles. The van der Waals surface area contributed by atoms with Gasteiger partial charge in [0.25, 0.3) is 0 Å². The molecule has 0 heterocycles. The summed E-state index contributed by atoms with van der Waals surface area (Å²) in [6, 6.07) is 14.2. The summed E-state index contributed by atoms with van der Waals surface area (Å²) in [5.74, 6) is 0.683. The Labute approximate surface area is 122 Å². The highest BCUT2D eigenvalue weighted by Gasteiger charge is 2.06. The minimum atomic E-state index is 0. The Balaban J connectivity index is 0.00000180. The first kappa shape index (κ1) is 15.4. The lowest BCUT2D eigenvalue weighted by atomic mass is 9.99. The molecule has 5 heteroatoms. The Bertz CT molecular complexity index is 634. The van der Waals surface area contributed by atoms with Crippen molar-refractivity contribution in [3.63, 3.8) is 0 Å². The van der Waals surface area contributed by atoms with E-state index in [2.05, 4.69) is 6.07 Å². The summed E-state index contributed by atoms with van der Waals surface area (Å²) in [6.45, 7) is 0. The third-order valence-electron chi connectivity index (χ3n) is 2.76. The van der Waals surface area contributed by atoms with Crippen LogP contribution < -0.4 is 5.73 Å². The number of nitriles is 1. The number of nitrogens with zero attached hydrogens (tertiary/aromatic N) is 1. The number of hydrogen-bond donors (Lipinski definition) is 2. The SMILES string of the molecule is Cl.N#CCc1ccc(CSC(=N)N)c2ccccc12. The van der Waals surface area contributed by atoms with Crippen molar-refractivity contribution < 1.29 is 0 Å². The molecular weight excluding hydrogens is 278 g/mol. The van der Waals surface area contributed by atoms with E-state index in [4.69, 9.17) is 16.4 Å². The second-order valence-electron chi connectivity index (χ2n) is 3.92. The number of amidine groups is 1. The molecule has 98 valence electrons. The fraction of sp³-hybridized carbons (Fsp3) is 0.143. The summed E-state index contributed by atoms with van der Waals surface area (Å²) in [5, 5.41) is 18.5. The molecule has 0 unspecified atom stereocenters. The maximum absolute atomic E-state index is 8.83. The lowest BCUT2D eigenvalue weighted by Gasteiger charge is -2.09. The van der Waals surface area contributed by atoms with E-state index >= 15 is 0 Å². The second-order valence-corrected chi connectivity index (χ2v) is 4.93. The molecule has 0 spiro atoms. The second kappa shape index (κ2) is 7.03. The quantitative estimate of drug-likeness (QED) is 0.672. The molecule has 0 radical (unpaired) electrons. The Morgan fingerprint density at radius 3 is 2.32 bits per heavy atom. The van der Waals surface area contributed by atoms with Crippen LogP contribution >= 0.6 is 24.2 Å². The average molecular weight is 292 g/mol. The Morgan fingerprint density at radius 2 is 1.74 bits per heavy atom. The van der Waals surface area contributed by atoms with E-state index < -0.39 is 0 Å². The summed E-state index contributed by atoms with van der Waals surface area (Å²) < 4.78 is 0. The molecule has 0 bridgehead atoms. The standard InChI is InChI=1S/C14H13N3S.ClH/c15-8-7-10-5-6-11(9-18-14(16)17)13-4-2-1-3-12(10)13;/h1-6H,7,9H2,(H3,16,17);1H. The van der Waals surface area contributed by atoms with E-state index in [0.29, 0.717) is 12.2 Å². The predicted molar refractivity (Wildman–Crippen MR) is 83.7 cm³/mol. The molecule has 0 fully saturated rings. The first-order valence-corrected chi connectivity index (χ1v) is 6.54. The Kier molecular flexibility index (Phi) is 5.68. The van der Waals surface area contributed by atoms with Crippen LogP contribution in [0.1, 0.15) is 11.1 Å². The molecule has 2 rings (SSSR count). The Morgan fingerprint density at radius 1 is 1.16 bits per heavy atom. The first-order valence-electron chi connectivity index (χ1n) is 5.55. The van der Waals surface area contributed by atoms with Gasteiger partial charge < -0.3 is 5.73 Å². The summed E-state index contributed by atoms with van der Waals surface area (Å²) in [6.07, 6.45) is 0.417. The number of thioether (sulfide) groups is 1. The molecule has 0 aliphatic rings. The maximum Gasteiger partial charge on any atom is 0.151 e. The summed E-state index contributed by atoms with van der Waals surface area (Å²) in [7, 11) is 0. The van der Waals surface area contributed by atoms with Crippen LogP contribution in [0.5, 0.6) is 0 Å². The van der Waals surface area contributed by atoms with Crippen molar-refractivity contribution in [2.45, 2.75) is 12.2 Å². The van der Waals surface area contributed by atoms with Gasteiger partial charge in [0.1, 0.15) is 0 Å². The molecular formula is C14H14ClN3S. The number of nitrogens with one attached hydrogen (secondary N) is 1. The van der Waals surface area contributed by atoms with Crippen LogP contribution in [0.25, 0.3) is 10.8 Å². The highest BCUT2D eigenvalue weighted by molar-refractivity contribution is 8.13. The van der Waals surface area contributed by atoms with Crippen molar-refractivity contribution in [2.24, 2.45) is 5.73 Å². The molecule has 0 saturated heterocycles. The summed E-state index contributed by atoms with van der Waals surface area (Å²) >= 11 is 1.31. The highest BCUT2D eigenvalue weighted by atomic mass is 35.5. The smallest absolute Gasteiger partial charge is 0.151 e. The van der Waals surface area contributed by atoms with Gasteiger partial charge in [0.2, 0.25) is 0 Å². The minimum absolute atomic E-state index is 0. The molecule has 3 N–H and O–H groups in total. The minimum Gasteiger partial charge on any atom is -0.379 e. The van der Waals surface area contributed by atoms with Crippen molar-refractivity contribution in [2.75, 3.05) is 0 Å². The molecule has 2 aromatic rings. The normalized spacial score (nSPS) is 9.63. The lowest BCUT2D eigenvalue weighted by Crippen LogP contribution is -2.04. The topological polar surface area (TPSA) is 73.7 Å². The summed E-state index contributed by atoms with van der Waals surface area (Å²) in [5.41, 5.74) is 7.56. The molecule has 2 aromatic carbocycles. The molecule has 19 heavy (non-hydrogen) atoms. The zero-order valence-corrected chi connectivity index (χ0v) is 11.9. The van der Waals surface area contributed by atoms with Gasteiger partial charge in [-0.3, -0.25) is 5.41 Å². The highest BCUT2D eigenvalue weighted by Crippen LogP contribution is 2.26. The van der Waals surface area contributed by atoms with E-state index in [1.807, 2.05) is 36.4 Å². The van der Waals surface area contributed by atoms with Crippen molar-refractivity contribution >= 4 is 40.1 Å². The van der Waals surface area contributed by atoms with Crippen molar-refractivity contribution in [3.05, 3.63) is 47.5 Å². The molecule has 0 amide bonds. The zero-order valence-electron chi connectivity index (χ0n) is 10.2. The van der Waals surface area contributed by atoms with Crippen LogP contribution in [0.3, 0.4) is 0 Å². The van der Waals surface area contributed by atoms with E-state index in [0.717, 1.165) is 21.9 Å². The van der Waals surface area contributed by atoms with Crippen LogP contribution in [0.15, 0.2) is 36.4 Å². The third-order valence-corrected chi connectivity index (χ3v) is 3.52. The van der Waals surface area contributed by atoms with Crippen LogP contribution in [0.4, 0.5) is 0 Å². The fourth-order valence-corrected chi connectivity index (χ4v) is 2.51. The molecule has 0 saturated carbocycles. The van der Waals surface area contributed by atoms with Crippen LogP contribution in [-0.2, 0) is 12.2 Å². The summed E-state index contributed by atoms with van der Waals surface area (Å²) in [4.78, 5) is 0. The zero-order chi connectivity index (χ0) is 13.0. The van der Waals surface area contributed by atoms with Crippen molar-refractivity contribution in [1.82, 2.24) is 0 Å². The van der Waals surface area contributed by atoms with E-state index in [1.165, 1.54) is 11.8 Å². The fourth-order valence-electron chi connectivity index (χ4n) is 1.94. The number of halogens is 1. The van der Waals surface area contributed by atoms with Gasteiger partial charge in [0, 0.05) is 5.75 Å². The third kappa shape index (κ3) is 3.63. The van der Waals surface area contributed by atoms with Crippen molar-refractivity contribution in [3.8, 4) is 6.07 Å².